The maximum absolute atomic E-state index is 13.4. The Kier molecular flexibility index (Phi) is 4.54. The van der Waals surface area contributed by atoms with Crippen LogP contribution in [0.15, 0.2) is 30.3 Å². The fourth-order valence-electron chi connectivity index (χ4n) is 1.94. The zero-order chi connectivity index (χ0) is 14.2. The molecule has 2 rings (SSSR count). The Morgan fingerprint density at radius 1 is 1.05 bits per heavy atom. The maximum Gasteiger partial charge on any atom is 0.127 e. The highest BCUT2D eigenvalue weighted by Crippen LogP contribution is 2.39. The van der Waals surface area contributed by atoms with Crippen molar-refractivity contribution in [1.82, 2.24) is 0 Å². The number of alkyl halides is 1. The molecular formula is C15H12BrCl2F. The fraction of sp³-hybridized carbons (Fsp3) is 0.200. The highest BCUT2D eigenvalue weighted by Gasteiger charge is 2.18. The van der Waals surface area contributed by atoms with Gasteiger partial charge in [0.05, 0.1) is 4.83 Å². The molecule has 2 aromatic carbocycles. The van der Waals surface area contributed by atoms with E-state index in [0.29, 0.717) is 15.6 Å². The second kappa shape index (κ2) is 5.82. The first-order valence-electron chi connectivity index (χ1n) is 5.76. The summed E-state index contributed by atoms with van der Waals surface area (Å²) in [4.78, 5) is -0.113. The number of aryl methyl sites for hydroxylation is 1. The number of rotatable bonds is 2. The van der Waals surface area contributed by atoms with Gasteiger partial charge in [0.15, 0.2) is 0 Å². The van der Waals surface area contributed by atoms with Gasteiger partial charge in [-0.3, -0.25) is 0 Å². The minimum absolute atomic E-state index is 0.113. The van der Waals surface area contributed by atoms with Crippen LogP contribution in [0, 0.1) is 19.7 Å². The van der Waals surface area contributed by atoms with Gasteiger partial charge in [-0.15, -0.1) is 0 Å². The quantitative estimate of drug-likeness (QED) is 0.556. The average Bonchev–Trinajstić information content (AvgIpc) is 2.36. The van der Waals surface area contributed by atoms with Gasteiger partial charge >= 0.3 is 0 Å². The van der Waals surface area contributed by atoms with E-state index in [1.807, 2.05) is 25.1 Å². The predicted octanol–water partition coefficient (Wildman–Crippen LogP) is 6.23. The maximum atomic E-state index is 13.4. The van der Waals surface area contributed by atoms with Crippen molar-refractivity contribution in [2.24, 2.45) is 0 Å². The summed E-state index contributed by atoms with van der Waals surface area (Å²) in [5.41, 5.74) is 3.43. The number of halogens is 4. The van der Waals surface area contributed by atoms with E-state index in [1.54, 1.807) is 13.0 Å². The lowest BCUT2D eigenvalue weighted by molar-refractivity contribution is 0.618. The van der Waals surface area contributed by atoms with Crippen LogP contribution in [-0.2, 0) is 0 Å². The molecule has 100 valence electrons. The van der Waals surface area contributed by atoms with Crippen molar-refractivity contribution < 1.29 is 4.39 Å². The molecule has 0 nitrogen and oxygen atoms in total. The van der Waals surface area contributed by atoms with E-state index in [1.165, 1.54) is 6.07 Å². The standard InChI is InChI=1S/C15H12BrCl2F/c1-8-6-11(13(18)7-14(8)19)15(16)10-4-3-5-12(17)9(10)2/h3-7,15H,1-2H3. The van der Waals surface area contributed by atoms with Crippen molar-refractivity contribution >= 4 is 39.1 Å². The van der Waals surface area contributed by atoms with Crippen LogP contribution >= 0.6 is 39.1 Å². The van der Waals surface area contributed by atoms with Gasteiger partial charge in [0.25, 0.3) is 0 Å². The minimum Gasteiger partial charge on any atom is -0.207 e. The van der Waals surface area contributed by atoms with E-state index < -0.39 is 0 Å². The average molecular weight is 362 g/mol. The van der Waals surface area contributed by atoms with Crippen LogP contribution in [0.4, 0.5) is 4.39 Å². The van der Waals surface area contributed by atoms with Crippen LogP contribution in [0.2, 0.25) is 10.0 Å². The molecule has 0 amide bonds. The smallest absolute Gasteiger partial charge is 0.127 e. The topological polar surface area (TPSA) is 0 Å². The molecule has 0 bridgehead atoms. The van der Waals surface area contributed by atoms with E-state index in [2.05, 4.69) is 15.9 Å². The Morgan fingerprint density at radius 2 is 1.74 bits per heavy atom. The summed E-state index contributed by atoms with van der Waals surface area (Å²) in [5.74, 6) is -0.295. The summed E-state index contributed by atoms with van der Waals surface area (Å²) < 4.78 is 13.4. The SMILES string of the molecule is Cc1cc(C(Br)c2cccc(Cl)c2C)c(Cl)cc1F. The molecule has 0 spiro atoms. The summed E-state index contributed by atoms with van der Waals surface area (Å²) in [6.45, 7) is 3.68. The molecule has 4 heteroatoms. The third-order valence-electron chi connectivity index (χ3n) is 3.13. The fourth-order valence-corrected chi connectivity index (χ4v) is 3.39. The van der Waals surface area contributed by atoms with Gasteiger partial charge in [-0.25, -0.2) is 4.39 Å². The Labute approximate surface area is 130 Å². The Balaban J connectivity index is 2.53. The van der Waals surface area contributed by atoms with Crippen LogP contribution < -0.4 is 0 Å². The third-order valence-corrected chi connectivity index (χ3v) is 4.86. The molecular weight excluding hydrogens is 350 g/mol. The van der Waals surface area contributed by atoms with Crippen LogP contribution in [0.5, 0.6) is 0 Å². The molecule has 1 unspecified atom stereocenters. The Hall–Kier alpha value is -0.570. The first kappa shape index (κ1) is 14.8. The lowest BCUT2D eigenvalue weighted by Crippen LogP contribution is -1.99. The minimum atomic E-state index is -0.295. The van der Waals surface area contributed by atoms with E-state index in [-0.39, 0.29) is 10.6 Å². The van der Waals surface area contributed by atoms with Crippen molar-refractivity contribution in [3.63, 3.8) is 0 Å². The Morgan fingerprint density at radius 3 is 2.42 bits per heavy atom. The normalized spacial score (nSPS) is 12.5. The molecule has 0 fully saturated rings. The van der Waals surface area contributed by atoms with Crippen molar-refractivity contribution in [1.29, 1.82) is 0 Å². The number of hydrogen-bond acceptors (Lipinski definition) is 0. The molecule has 0 aromatic heterocycles. The van der Waals surface area contributed by atoms with Gasteiger partial charge < -0.3 is 0 Å². The van der Waals surface area contributed by atoms with Crippen LogP contribution in [0.25, 0.3) is 0 Å². The zero-order valence-corrected chi connectivity index (χ0v) is 13.6. The highest BCUT2D eigenvalue weighted by molar-refractivity contribution is 9.09. The zero-order valence-electron chi connectivity index (χ0n) is 10.5. The first-order valence-corrected chi connectivity index (χ1v) is 7.43. The summed E-state index contributed by atoms with van der Waals surface area (Å²) in [6.07, 6.45) is 0. The van der Waals surface area contributed by atoms with Crippen LogP contribution in [0.3, 0.4) is 0 Å². The summed E-state index contributed by atoms with van der Waals surface area (Å²) in [6, 6.07) is 8.83. The van der Waals surface area contributed by atoms with Gasteiger partial charge in [0, 0.05) is 10.0 Å². The lowest BCUT2D eigenvalue weighted by Gasteiger charge is -2.16. The van der Waals surface area contributed by atoms with Gasteiger partial charge in [-0.1, -0.05) is 57.3 Å². The van der Waals surface area contributed by atoms with E-state index in [0.717, 1.165) is 16.7 Å². The molecule has 19 heavy (non-hydrogen) atoms. The number of benzene rings is 2. The molecule has 0 saturated carbocycles. The van der Waals surface area contributed by atoms with Crippen LogP contribution in [-0.4, -0.2) is 0 Å². The molecule has 0 aliphatic rings. The van der Waals surface area contributed by atoms with Gasteiger partial charge in [-0.05, 0) is 48.2 Å². The molecule has 0 saturated heterocycles. The molecule has 0 radical (unpaired) electrons. The molecule has 0 aliphatic carbocycles. The molecule has 1 atom stereocenters. The van der Waals surface area contributed by atoms with E-state index in [4.69, 9.17) is 23.2 Å². The summed E-state index contributed by atoms with van der Waals surface area (Å²) in [5, 5.41) is 1.11. The first-order chi connectivity index (χ1) is 8.91. The second-order valence-corrected chi connectivity index (χ2v) is 6.17. The predicted molar refractivity (Wildman–Crippen MR) is 83.1 cm³/mol. The molecule has 0 heterocycles. The van der Waals surface area contributed by atoms with Gasteiger partial charge in [0.2, 0.25) is 0 Å². The van der Waals surface area contributed by atoms with Crippen molar-refractivity contribution in [3.05, 3.63) is 68.4 Å². The lowest BCUT2D eigenvalue weighted by atomic mass is 9.99. The van der Waals surface area contributed by atoms with Crippen molar-refractivity contribution in [3.8, 4) is 0 Å². The highest BCUT2D eigenvalue weighted by atomic mass is 79.9. The van der Waals surface area contributed by atoms with Crippen molar-refractivity contribution in [2.45, 2.75) is 18.7 Å². The summed E-state index contributed by atoms with van der Waals surface area (Å²) in [7, 11) is 0. The van der Waals surface area contributed by atoms with Gasteiger partial charge in [-0.2, -0.15) is 0 Å². The summed E-state index contributed by atoms with van der Waals surface area (Å²) >= 11 is 15.9. The van der Waals surface area contributed by atoms with Crippen LogP contribution in [0.1, 0.15) is 27.1 Å². The second-order valence-electron chi connectivity index (χ2n) is 4.44. The molecule has 0 aliphatic heterocycles. The van der Waals surface area contributed by atoms with Crippen molar-refractivity contribution in [2.75, 3.05) is 0 Å². The van der Waals surface area contributed by atoms with Gasteiger partial charge in [0.1, 0.15) is 5.82 Å². The molecule has 0 N–H and O–H groups in total. The number of hydrogen-bond donors (Lipinski definition) is 0. The monoisotopic (exact) mass is 360 g/mol. The largest absolute Gasteiger partial charge is 0.207 e. The Bertz CT molecular complexity index is 626. The molecule has 2 aromatic rings. The third kappa shape index (κ3) is 2.96. The van der Waals surface area contributed by atoms with E-state index in [9.17, 15) is 4.39 Å². The van der Waals surface area contributed by atoms with E-state index >= 15 is 0 Å².